The molecular formula is C17H22N2O3. The first-order valence-corrected chi connectivity index (χ1v) is 7.97. The minimum Gasteiger partial charge on any atom is -0.389 e. The summed E-state index contributed by atoms with van der Waals surface area (Å²) < 4.78 is 0. The predicted octanol–water partition coefficient (Wildman–Crippen LogP) is 2.21. The van der Waals surface area contributed by atoms with E-state index in [1.54, 1.807) is 24.3 Å². The Hall–Kier alpha value is -1.88. The van der Waals surface area contributed by atoms with Gasteiger partial charge in [0.05, 0.1) is 12.0 Å². The number of nitrogens with one attached hydrogen (secondary N) is 2. The molecule has 2 aliphatic rings. The third-order valence-corrected chi connectivity index (χ3v) is 4.34. The van der Waals surface area contributed by atoms with Gasteiger partial charge in [-0.3, -0.25) is 9.59 Å². The molecular weight excluding hydrogens is 280 g/mol. The van der Waals surface area contributed by atoms with E-state index in [2.05, 4.69) is 10.6 Å². The molecule has 0 unspecified atom stereocenters. The van der Waals surface area contributed by atoms with E-state index in [1.807, 2.05) is 0 Å². The average molecular weight is 302 g/mol. The summed E-state index contributed by atoms with van der Waals surface area (Å²) in [4.78, 5) is 24.1. The van der Waals surface area contributed by atoms with Crippen LogP contribution in [0.2, 0.25) is 0 Å². The second-order valence-electron chi connectivity index (χ2n) is 6.48. The monoisotopic (exact) mass is 302 g/mol. The molecule has 0 atom stereocenters. The van der Waals surface area contributed by atoms with Gasteiger partial charge in [0.25, 0.3) is 5.91 Å². The lowest BCUT2D eigenvalue weighted by molar-refractivity contribution is -0.120. The van der Waals surface area contributed by atoms with Gasteiger partial charge in [0, 0.05) is 17.3 Å². The van der Waals surface area contributed by atoms with Gasteiger partial charge in [-0.05, 0) is 43.9 Å². The zero-order valence-corrected chi connectivity index (χ0v) is 12.6. The second kappa shape index (κ2) is 6.08. The average Bonchev–Trinajstić information content (AvgIpc) is 3.18. The minimum atomic E-state index is -0.856. The fraction of sp³-hybridized carbons (Fsp3) is 0.529. The first-order valence-electron chi connectivity index (χ1n) is 7.97. The van der Waals surface area contributed by atoms with Crippen molar-refractivity contribution in [1.29, 1.82) is 0 Å². The van der Waals surface area contributed by atoms with Gasteiger partial charge in [0.2, 0.25) is 5.91 Å². The standard InChI is InChI=1S/C17H22N2O3/c20-15(11-17(22)8-1-2-9-17)18-14-5-3-4-12(10-14)16(21)19-13-6-7-13/h3-5,10,13,22H,1-2,6-9,11H2,(H,18,20)(H,19,21). The largest absolute Gasteiger partial charge is 0.389 e. The molecule has 0 heterocycles. The lowest BCUT2D eigenvalue weighted by Gasteiger charge is -2.21. The number of anilines is 1. The maximum absolute atomic E-state index is 12.1. The molecule has 1 aromatic carbocycles. The summed E-state index contributed by atoms with van der Waals surface area (Å²) in [7, 11) is 0. The summed E-state index contributed by atoms with van der Waals surface area (Å²) in [5.41, 5.74) is 0.282. The van der Waals surface area contributed by atoms with E-state index in [-0.39, 0.29) is 18.2 Å². The van der Waals surface area contributed by atoms with Crippen LogP contribution >= 0.6 is 0 Å². The number of rotatable bonds is 5. The van der Waals surface area contributed by atoms with Crippen molar-refractivity contribution in [2.75, 3.05) is 5.32 Å². The lowest BCUT2D eigenvalue weighted by Crippen LogP contribution is -2.30. The third kappa shape index (κ3) is 3.85. The molecule has 0 aliphatic heterocycles. The molecule has 0 bridgehead atoms. The van der Waals surface area contributed by atoms with Crippen molar-refractivity contribution < 1.29 is 14.7 Å². The second-order valence-corrected chi connectivity index (χ2v) is 6.48. The smallest absolute Gasteiger partial charge is 0.251 e. The Morgan fingerprint density at radius 3 is 2.64 bits per heavy atom. The predicted molar refractivity (Wildman–Crippen MR) is 83.6 cm³/mol. The first-order chi connectivity index (χ1) is 10.5. The van der Waals surface area contributed by atoms with Crippen LogP contribution in [-0.4, -0.2) is 28.6 Å². The van der Waals surface area contributed by atoms with Gasteiger partial charge in [-0.2, -0.15) is 0 Å². The lowest BCUT2D eigenvalue weighted by atomic mass is 9.97. The zero-order chi connectivity index (χ0) is 15.6. The Morgan fingerprint density at radius 2 is 1.95 bits per heavy atom. The highest BCUT2D eigenvalue weighted by Gasteiger charge is 2.33. The van der Waals surface area contributed by atoms with Gasteiger partial charge in [0.15, 0.2) is 0 Å². The summed E-state index contributed by atoms with van der Waals surface area (Å²) in [6.45, 7) is 0. The van der Waals surface area contributed by atoms with Crippen LogP contribution in [0, 0.1) is 0 Å². The summed E-state index contributed by atoms with van der Waals surface area (Å²) in [6, 6.07) is 7.22. The van der Waals surface area contributed by atoms with Crippen LogP contribution in [0.15, 0.2) is 24.3 Å². The molecule has 22 heavy (non-hydrogen) atoms. The van der Waals surface area contributed by atoms with Crippen LogP contribution < -0.4 is 10.6 Å². The third-order valence-electron chi connectivity index (χ3n) is 4.34. The first kappa shape index (κ1) is 15.0. The summed E-state index contributed by atoms with van der Waals surface area (Å²) >= 11 is 0. The van der Waals surface area contributed by atoms with E-state index >= 15 is 0 Å². The van der Waals surface area contributed by atoms with E-state index in [9.17, 15) is 14.7 Å². The summed E-state index contributed by atoms with van der Waals surface area (Å²) in [5.74, 6) is -0.308. The maximum atomic E-state index is 12.1. The highest BCUT2D eigenvalue weighted by atomic mass is 16.3. The van der Waals surface area contributed by atoms with Gasteiger partial charge in [0.1, 0.15) is 0 Å². The van der Waals surface area contributed by atoms with Gasteiger partial charge in [-0.25, -0.2) is 0 Å². The molecule has 2 saturated carbocycles. The molecule has 0 aromatic heterocycles. The summed E-state index contributed by atoms with van der Waals surface area (Å²) in [6.07, 6.45) is 5.52. The van der Waals surface area contributed by atoms with Gasteiger partial charge in [-0.1, -0.05) is 18.9 Å². The van der Waals surface area contributed by atoms with Crippen molar-refractivity contribution in [3.8, 4) is 0 Å². The molecule has 2 aliphatic carbocycles. The van der Waals surface area contributed by atoms with E-state index < -0.39 is 5.60 Å². The van der Waals surface area contributed by atoms with Crippen LogP contribution in [0.4, 0.5) is 5.69 Å². The number of hydrogen-bond acceptors (Lipinski definition) is 3. The van der Waals surface area contributed by atoms with Gasteiger partial charge < -0.3 is 15.7 Å². The Labute approximate surface area is 130 Å². The number of benzene rings is 1. The van der Waals surface area contributed by atoms with Crippen molar-refractivity contribution in [3.05, 3.63) is 29.8 Å². The molecule has 3 rings (SSSR count). The Balaban J connectivity index is 1.59. The topological polar surface area (TPSA) is 78.4 Å². The van der Waals surface area contributed by atoms with Crippen LogP contribution in [0.3, 0.4) is 0 Å². The van der Waals surface area contributed by atoms with Crippen LogP contribution in [-0.2, 0) is 4.79 Å². The molecule has 2 amide bonds. The zero-order valence-electron chi connectivity index (χ0n) is 12.6. The molecule has 0 radical (unpaired) electrons. The van der Waals surface area contributed by atoms with Gasteiger partial charge >= 0.3 is 0 Å². The fourth-order valence-electron chi connectivity index (χ4n) is 2.95. The normalized spacial score (nSPS) is 19.7. The molecule has 0 saturated heterocycles. The van der Waals surface area contributed by atoms with Crippen molar-refractivity contribution in [1.82, 2.24) is 5.32 Å². The molecule has 0 spiro atoms. The van der Waals surface area contributed by atoms with E-state index in [0.717, 1.165) is 25.7 Å². The Kier molecular flexibility index (Phi) is 4.16. The minimum absolute atomic E-state index is 0.104. The van der Waals surface area contributed by atoms with Crippen LogP contribution in [0.25, 0.3) is 0 Å². The number of carbonyl (C=O) groups excluding carboxylic acids is 2. The van der Waals surface area contributed by atoms with Gasteiger partial charge in [-0.15, -0.1) is 0 Å². The van der Waals surface area contributed by atoms with E-state index in [0.29, 0.717) is 30.1 Å². The van der Waals surface area contributed by atoms with Crippen molar-refractivity contribution in [2.24, 2.45) is 0 Å². The fourth-order valence-corrected chi connectivity index (χ4v) is 2.95. The number of carbonyl (C=O) groups is 2. The van der Waals surface area contributed by atoms with Crippen molar-refractivity contribution in [2.45, 2.75) is 56.6 Å². The Bertz CT molecular complexity index is 575. The SMILES string of the molecule is O=C(CC1(O)CCCC1)Nc1cccc(C(=O)NC2CC2)c1. The molecule has 1 aromatic rings. The quantitative estimate of drug-likeness (QED) is 0.780. The van der Waals surface area contributed by atoms with Crippen LogP contribution in [0.1, 0.15) is 55.3 Å². The highest BCUT2D eigenvalue weighted by molar-refractivity contribution is 5.97. The molecule has 5 nitrogen and oxygen atoms in total. The van der Waals surface area contributed by atoms with E-state index in [1.165, 1.54) is 0 Å². The number of aliphatic hydroxyl groups is 1. The highest BCUT2D eigenvalue weighted by Crippen LogP contribution is 2.32. The number of hydrogen-bond donors (Lipinski definition) is 3. The Morgan fingerprint density at radius 1 is 1.23 bits per heavy atom. The molecule has 2 fully saturated rings. The maximum Gasteiger partial charge on any atom is 0.251 e. The molecule has 5 heteroatoms. The number of amides is 2. The van der Waals surface area contributed by atoms with Crippen LogP contribution in [0.5, 0.6) is 0 Å². The molecule has 3 N–H and O–H groups in total. The van der Waals surface area contributed by atoms with E-state index in [4.69, 9.17) is 0 Å². The van der Waals surface area contributed by atoms with Crippen molar-refractivity contribution in [3.63, 3.8) is 0 Å². The van der Waals surface area contributed by atoms with Crippen molar-refractivity contribution >= 4 is 17.5 Å². The summed E-state index contributed by atoms with van der Waals surface area (Å²) in [5, 5.41) is 16.0. The molecule has 118 valence electrons.